The Kier molecular flexibility index (Phi) is 6.64. The third kappa shape index (κ3) is 4.63. The van der Waals surface area contributed by atoms with Crippen molar-refractivity contribution in [1.29, 1.82) is 0 Å². The van der Waals surface area contributed by atoms with Gasteiger partial charge in [0.05, 0.1) is 20.1 Å². The molecule has 25 heavy (non-hydrogen) atoms. The van der Waals surface area contributed by atoms with E-state index in [2.05, 4.69) is 17.1 Å². The van der Waals surface area contributed by atoms with Crippen LogP contribution in [-0.4, -0.2) is 64.2 Å². The third-order valence-electron chi connectivity index (χ3n) is 4.51. The van der Waals surface area contributed by atoms with E-state index in [0.717, 1.165) is 13.1 Å². The summed E-state index contributed by atoms with van der Waals surface area (Å²) in [6, 6.07) is 5.32. The minimum atomic E-state index is -0.326. The lowest BCUT2D eigenvalue weighted by Gasteiger charge is -2.19. The van der Waals surface area contributed by atoms with Gasteiger partial charge in [-0.1, -0.05) is 6.92 Å². The monoisotopic (exact) mass is 349 g/mol. The molecule has 1 saturated heterocycles. The molecule has 2 rings (SSSR count). The van der Waals surface area contributed by atoms with Crippen LogP contribution in [0.5, 0.6) is 11.5 Å². The number of anilines is 1. The summed E-state index contributed by atoms with van der Waals surface area (Å²) in [5, 5.41) is 2.92. The number of carbonyl (C=O) groups is 2. The molecule has 1 N–H and O–H groups in total. The first-order valence-electron chi connectivity index (χ1n) is 8.48. The number of likely N-dealkylation sites (N-methyl/N-ethyl adjacent to an activating group) is 1. The molecule has 1 aromatic carbocycles. The van der Waals surface area contributed by atoms with E-state index in [9.17, 15) is 9.59 Å². The highest BCUT2D eigenvalue weighted by molar-refractivity contribution is 6.00. The van der Waals surface area contributed by atoms with Gasteiger partial charge in [-0.15, -0.1) is 0 Å². The first kappa shape index (κ1) is 19.1. The molecule has 1 aliphatic rings. The first-order valence-corrected chi connectivity index (χ1v) is 8.48. The van der Waals surface area contributed by atoms with Crippen LogP contribution in [0.25, 0.3) is 0 Å². The van der Waals surface area contributed by atoms with Crippen LogP contribution in [0, 0.1) is 5.92 Å². The predicted octanol–water partition coefficient (Wildman–Crippen LogP) is 1.12. The summed E-state index contributed by atoms with van der Waals surface area (Å²) >= 11 is 0. The number of nitrogens with zero attached hydrogens (tertiary/aromatic N) is 2. The van der Waals surface area contributed by atoms with Gasteiger partial charge in [-0.3, -0.25) is 9.59 Å². The van der Waals surface area contributed by atoms with Crippen LogP contribution in [0.4, 0.5) is 5.69 Å². The average molecular weight is 349 g/mol. The Hall–Kier alpha value is -2.28. The molecule has 0 aliphatic carbocycles. The van der Waals surface area contributed by atoms with Crippen molar-refractivity contribution in [3.63, 3.8) is 0 Å². The number of methoxy groups -OCH3 is 2. The number of carbonyl (C=O) groups excluding carboxylic acids is 2. The lowest BCUT2D eigenvalue weighted by molar-refractivity contribution is -0.126. The maximum absolute atomic E-state index is 12.3. The molecule has 1 atom stereocenters. The first-order chi connectivity index (χ1) is 12.0. The Bertz CT molecular complexity index is 620. The zero-order valence-electron chi connectivity index (χ0n) is 15.4. The maximum atomic E-state index is 12.3. The van der Waals surface area contributed by atoms with Gasteiger partial charge < -0.3 is 24.6 Å². The number of amides is 2. The molecule has 0 spiro atoms. The largest absolute Gasteiger partial charge is 0.493 e. The summed E-state index contributed by atoms with van der Waals surface area (Å²) in [5.41, 5.74) is 0.712. The molecule has 0 aromatic heterocycles. The molecule has 0 bridgehead atoms. The van der Waals surface area contributed by atoms with Crippen molar-refractivity contribution in [2.75, 3.05) is 52.3 Å². The standard InChI is InChI=1S/C18H27N3O4/c1-5-20(2)9-8-19-18(23)13-10-17(22)21(12-13)14-6-7-15(24-3)16(11-14)25-4/h6-7,11,13H,5,8-10,12H2,1-4H3,(H,19,23)/t13-/m1/s1. The predicted molar refractivity (Wildman–Crippen MR) is 96.2 cm³/mol. The van der Waals surface area contributed by atoms with Gasteiger partial charge >= 0.3 is 0 Å². The van der Waals surface area contributed by atoms with Crippen LogP contribution in [0.15, 0.2) is 18.2 Å². The number of hydrogen-bond acceptors (Lipinski definition) is 5. The van der Waals surface area contributed by atoms with Crippen molar-refractivity contribution in [3.05, 3.63) is 18.2 Å². The van der Waals surface area contributed by atoms with E-state index in [-0.39, 0.29) is 24.2 Å². The smallest absolute Gasteiger partial charge is 0.227 e. The molecule has 0 radical (unpaired) electrons. The minimum Gasteiger partial charge on any atom is -0.493 e. The molecule has 7 heteroatoms. The quantitative estimate of drug-likeness (QED) is 0.762. The second kappa shape index (κ2) is 8.71. The van der Waals surface area contributed by atoms with E-state index in [0.29, 0.717) is 30.3 Å². The van der Waals surface area contributed by atoms with E-state index in [1.807, 2.05) is 7.05 Å². The highest BCUT2D eigenvalue weighted by Crippen LogP contribution is 2.34. The van der Waals surface area contributed by atoms with Gasteiger partial charge in [0.1, 0.15) is 0 Å². The second-order valence-corrected chi connectivity index (χ2v) is 6.13. The zero-order valence-corrected chi connectivity index (χ0v) is 15.4. The van der Waals surface area contributed by atoms with Crippen LogP contribution in [0.2, 0.25) is 0 Å². The fraction of sp³-hybridized carbons (Fsp3) is 0.556. The van der Waals surface area contributed by atoms with E-state index < -0.39 is 0 Å². The Labute approximate surface area is 148 Å². The molecule has 7 nitrogen and oxygen atoms in total. The van der Waals surface area contributed by atoms with Gasteiger partial charge in [0, 0.05) is 37.8 Å². The molecule has 138 valence electrons. The molecular formula is C18H27N3O4. The summed E-state index contributed by atoms with van der Waals surface area (Å²) in [7, 11) is 5.12. The summed E-state index contributed by atoms with van der Waals surface area (Å²) in [6.07, 6.45) is 0.226. The van der Waals surface area contributed by atoms with Gasteiger partial charge in [-0.25, -0.2) is 0 Å². The molecular weight excluding hydrogens is 322 g/mol. The van der Waals surface area contributed by atoms with Crippen molar-refractivity contribution < 1.29 is 19.1 Å². The van der Waals surface area contributed by atoms with Crippen LogP contribution in [-0.2, 0) is 9.59 Å². The van der Waals surface area contributed by atoms with Gasteiger partial charge in [0.2, 0.25) is 11.8 Å². The Morgan fingerprint density at radius 3 is 2.68 bits per heavy atom. The molecule has 1 fully saturated rings. The minimum absolute atomic E-state index is 0.0574. The zero-order chi connectivity index (χ0) is 18.4. The van der Waals surface area contributed by atoms with Gasteiger partial charge in [0.25, 0.3) is 0 Å². The maximum Gasteiger partial charge on any atom is 0.227 e. The molecule has 1 aliphatic heterocycles. The van der Waals surface area contributed by atoms with E-state index >= 15 is 0 Å². The van der Waals surface area contributed by atoms with Gasteiger partial charge in [-0.05, 0) is 25.7 Å². The van der Waals surface area contributed by atoms with Crippen molar-refractivity contribution in [3.8, 4) is 11.5 Å². The van der Waals surface area contributed by atoms with E-state index in [4.69, 9.17) is 9.47 Å². The SMILES string of the molecule is CCN(C)CCNC(=O)[C@@H]1CC(=O)N(c2ccc(OC)c(OC)c2)C1. The molecule has 2 amide bonds. The lowest BCUT2D eigenvalue weighted by atomic mass is 10.1. The highest BCUT2D eigenvalue weighted by Gasteiger charge is 2.35. The fourth-order valence-corrected chi connectivity index (χ4v) is 2.80. The van der Waals surface area contributed by atoms with Crippen LogP contribution >= 0.6 is 0 Å². The summed E-state index contributed by atoms with van der Waals surface area (Å²) in [4.78, 5) is 28.4. The summed E-state index contributed by atoms with van der Waals surface area (Å²) < 4.78 is 10.5. The number of benzene rings is 1. The van der Waals surface area contributed by atoms with Crippen LogP contribution in [0.1, 0.15) is 13.3 Å². The number of hydrogen-bond donors (Lipinski definition) is 1. The van der Waals surface area contributed by atoms with Gasteiger partial charge in [-0.2, -0.15) is 0 Å². The summed E-state index contributed by atoms with van der Waals surface area (Å²) in [5.74, 6) is 0.710. The average Bonchev–Trinajstić information content (AvgIpc) is 3.02. The van der Waals surface area contributed by atoms with Crippen molar-refractivity contribution in [2.45, 2.75) is 13.3 Å². The van der Waals surface area contributed by atoms with Crippen LogP contribution < -0.4 is 19.7 Å². The van der Waals surface area contributed by atoms with Gasteiger partial charge in [0.15, 0.2) is 11.5 Å². The normalized spacial score (nSPS) is 17.1. The van der Waals surface area contributed by atoms with Crippen molar-refractivity contribution in [2.24, 2.45) is 5.92 Å². The number of ether oxygens (including phenoxy) is 2. The van der Waals surface area contributed by atoms with Crippen molar-refractivity contribution in [1.82, 2.24) is 10.2 Å². The van der Waals surface area contributed by atoms with E-state index in [1.54, 1.807) is 37.3 Å². The second-order valence-electron chi connectivity index (χ2n) is 6.13. The van der Waals surface area contributed by atoms with E-state index in [1.165, 1.54) is 0 Å². The van der Waals surface area contributed by atoms with Crippen LogP contribution in [0.3, 0.4) is 0 Å². The van der Waals surface area contributed by atoms with Crippen molar-refractivity contribution >= 4 is 17.5 Å². The molecule has 1 heterocycles. The molecule has 0 saturated carbocycles. The molecule has 0 unspecified atom stereocenters. The number of rotatable bonds is 8. The third-order valence-corrected chi connectivity index (χ3v) is 4.51. The Morgan fingerprint density at radius 1 is 1.32 bits per heavy atom. The highest BCUT2D eigenvalue weighted by atomic mass is 16.5. The fourth-order valence-electron chi connectivity index (χ4n) is 2.80. The molecule has 1 aromatic rings. The Morgan fingerprint density at radius 2 is 2.04 bits per heavy atom. The lowest BCUT2D eigenvalue weighted by Crippen LogP contribution is -2.37. The topological polar surface area (TPSA) is 71.1 Å². The number of nitrogens with one attached hydrogen (secondary N) is 1. The Balaban J connectivity index is 1.99. The summed E-state index contributed by atoms with van der Waals surface area (Å²) in [6.45, 7) is 4.76.